The number of carbonyl (C=O) groups excluding carboxylic acids is 1. The van der Waals surface area contributed by atoms with Gasteiger partial charge < -0.3 is 15.0 Å². The summed E-state index contributed by atoms with van der Waals surface area (Å²) in [5.74, 6) is 1.79. The standard InChI is InChI=1S/C13H25N3O2S.HI/c1-5-14-12(15-7-6-11(17)18-4)16-8-9-19-13(2,3)10-16;/h5-10H2,1-4H3,(H,14,15);1H. The first-order chi connectivity index (χ1) is 8.98. The number of rotatable bonds is 4. The minimum absolute atomic E-state index is 0. The molecule has 0 radical (unpaired) electrons. The number of esters is 1. The number of aliphatic imine (C=N–C) groups is 1. The van der Waals surface area contributed by atoms with Gasteiger partial charge in [-0.2, -0.15) is 11.8 Å². The van der Waals surface area contributed by atoms with Crippen LogP contribution in [0.1, 0.15) is 27.2 Å². The van der Waals surface area contributed by atoms with Crippen LogP contribution in [0.5, 0.6) is 0 Å². The van der Waals surface area contributed by atoms with E-state index >= 15 is 0 Å². The summed E-state index contributed by atoms with van der Waals surface area (Å²) in [5, 5.41) is 3.30. The molecule has 0 saturated carbocycles. The Morgan fingerprint density at radius 1 is 1.50 bits per heavy atom. The van der Waals surface area contributed by atoms with E-state index in [-0.39, 0.29) is 34.7 Å². The molecule has 0 spiro atoms. The molecule has 0 amide bonds. The molecule has 118 valence electrons. The average molecular weight is 415 g/mol. The zero-order chi connectivity index (χ0) is 14.3. The summed E-state index contributed by atoms with van der Waals surface area (Å²) in [6.07, 6.45) is 0.331. The first-order valence-corrected chi connectivity index (χ1v) is 7.71. The Kier molecular flexibility index (Phi) is 9.61. The van der Waals surface area contributed by atoms with Gasteiger partial charge in [-0.3, -0.25) is 9.79 Å². The largest absolute Gasteiger partial charge is 0.469 e. The summed E-state index contributed by atoms with van der Waals surface area (Å²) in [6, 6.07) is 0. The fourth-order valence-corrected chi connectivity index (χ4v) is 3.09. The van der Waals surface area contributed by atoms with E-state index < -0.39 is 0 Å². The predicted octanol–water partition coefficient (Wildman–Crippen LogP) is 1.96. The Labute approximate surface area is 143 Å². The first kappa shape index (κ1) is 19.8. The van der Waals surface area contributed by atoms with E-state index in [0.717, 1.165) is 31.3 Å². The van der Waals surface area contributed by atoms with Crippen molar-refractivity contribution in [2.45, 2.75) is 31.9 Å². The van der Waals surface area contributed by atoms with Gasteiger partial charge in [0.15, 0.2) is 5.96 Å². The van der Waals surface area contributed by atoms with Crippen LogP contribution < -0.4 is 5.32 Å². The molecule has 0 atom stereocenters. The van der Waals surface area contributed by atoms with Gasteiger partial charge in [0.1, 0.15) is 0 Å². The molecule has 0 aromatic rings. The monoisotopic (exact) mass is 415 g/mol. The third kappa shape index (κ3) is 7.01. The predicted molar refractivity (Wildman–Crippen MR) is 96.1 cm³/mol. The number of hydrogen-bond donors (Lipinski definition) is 1. The van der Waals surface area contributed by atoms with Crippen molar-refractivity contribution in [3.8, 4) is 0 Å². The van der Waals surface area contributed by atoms with Crippen molar-refractivity contribution in [3.05, 3.63) is 0 Å². The van der Waals surface area contributed by atoms with Crippen molar-refractivity contribution in [1.29, 1.82) is 0 Å². The highest BCUT2D eigenvalue weighted by molar-refractivity contribution is 14.0. The lowest BCUT2D eigenvalue weighted by molar-refractivity contribution is -0.140. The van der Waals surface area contributed by atoms with Crippen LogP contribution in [-0.4, -0.2) is 60.6 Å². The fourth-order valence-electron chi connectivity index (χ4n) is 1.98. The molecule has 0 unspecified atom stereocenters. The number of nitrogens with one attached hydrogen (secondary N) is 1. The summed E-state index contributed by atoms with van der Waals surface area (Å²) in [7, 11) is 1.40. The molecule has 7 heteroatoms. The molecule has 1 saturated heterocycles. The zero-order valence-corrected chi connectivity index (χ0v) is 15.9. The summed E-state index contributed by atoms with van der Waals surface area (Å²) in [4.78, 5) is 17.9. The Bertz CT molecular complexity index is 338. The Morgan fingerprint density at radius 3 is 2.75 bits per heavy atom. The molecule has 0 aliphatic carbocycles. The maximum atomic E-state index is 11.1. The molecule has 0 aromatic carbocycles. The number of hydrogen-bond acceptors (Lipinski definition) is 4. The van der Waals surface area contributed by atoms with Crippen LogP contribution in [0.25, 0.3) is 0 Å². The minimum atomic E-state index is -0.214. The van der Waals surface area contributed by atoms with Crippen molar-refractivity contribution >= 4 is 47.7 Å². The molecule has 20 heavy (non-hydrogen) atoms. The Balaban J connectivity index is 0.00000361. The van der Waals surface area contributed by atoms with Crippen LogP contribution in [0.4, 0.5) is 0 Å². The van der Waals surface area contributed by atoms with Crippen molar-refractivity contribution in [2.75, 3.05) is 39.0 Å². The van der Waals surface area contributed by atoms with Gasteiger partial charge in [-0.05, 0) is 20.8 Å². The first-order valence-electron chi connectivity index (χ1n) is 6.72. The lowest BCUT2D eigenvalue weighted by Gasteiger charge is -2.39. The molecular formula is C13H26IN3O2S. The molecule has 1 N–H and O–H groups in total. The van der Waals surface area contributed by atoms with E-state index in [4.69, 9.17) is 0 Å². The second-order valence-electron chi connectivity index (χ2n) is 5.09. The van der Waals surface area contributed by atoms with E-state index in [9.17, 15) is 4.79 Å². The van der Waals surface area contributed by atoms with E-state index in [0.29, 0.717) is 13.0 Å². The van der Waals surface area contributed by atoms with Gasteiger partial charge in [0, 0.05) is 30.1 Å². The van der Waals surface area contributed by atoms with Gasteiger partial charge in [0.2, 0.25) is 0 Å². The second kappa shape index (κ2) is 9.70. The molecule has 1 heterocycles. The molecule has 0 bridgehead atoms. The average Bonchev–Trinajstić information content (AvgIpc) is 2.36. The second-order valence-corrected chi connectivity index (χ2v) is 6.89. The molecule has 1 aliphatic rings. The normalized spacial score (nSPS) is 18.2. The van der Waals surface area contributed by atoms with Gasteiger partial charge in [-0.15, -0.1) is 24.0 Å². The number of nitrogens with zero attached hydrogens (tertiary/aromatic N) is 2. The third-order valence-electron chi connectivity index (χ3n) is 2.87. The number of methoxy groups -OCH3 is 1. The molecule has 1 rings (SSSR count). The number of thioether (sulfide) groups is 1. The van der Waals surface area contributed by atoms with Gasteiger partial charge in [-0.1, -0.05) is 0 Å². The van der Waals surface area contributed by atoms with Crippen molar-refractivity contribution in [1.82, 2.24) is 10.2 Å². The smallest absolute Gasteiger partial charge is 0.307 e. The molecule has 0 aromatic heterocycles. The van der Waals surface area contributed by atoms with Gasteiger partial charge in [0.25, 0.3) is 0 Å². The van der Waals surface area contributed by atoms with Crippen molar-refractivity contribution < 1.29 is 9.53 Å². The SMILES string of the molecule is CCNC(=NCCC(=O)OC)N1CCSC(C)(C)C1.I. The number of ether oxygens (including phenoxy) is 1. The topological polar surface area (TPSA) is 53.9 Å². The quantitative estimate of drug-likeness (QED) is 0.329. The molecular weight excluding hydrogens is 389 g/mol. The minimum Gasteiger partial charge on any atom is -0.469 e. The highest BCUT2D eigenvalue weighted by Crippen LogP contribution is 2.29. The lowest BCUT2D eigenvalue weighted by Crippen LogP contribution is -2.51. The number of halogens is 1. The van der Waals surface area contributed by atoms with Crippen LogP contribution >= 0.6 is 35.7 Å². The maximum absolute atomic E-state index is 11.1. The molecule has 1 fully saturated rings. The summed E-state index contributed by atoms with van der Waals surface area (Å²) >= 11 is 1.99. The van der Waals surface area contributed by atoms with E-state index in [1.165, 1.54) is 7.11 Å². The van der Waals surface area contributed by atoms with E-state index in [2.05, 4.69) is 40.7 Å². The van der Waals surface area contributed by atoms with Crippen LogP contribution in [0.3, 0.4) is 0 Å². The summed E-state index contributed by atoms with van der Waals surface area (Å²) in [5.41, 5.74) is 0. The zero-order valence-electron chi connectivity index (χ0n) is 12.8. The van der Waals surface area contributed by atoms with Crippen LogP contribution in [-0.2, 0) is 9.53 Å². The van der Waals surface area contributed by atoms with Crippen LogP contribution in [0, 0.1) is 0 Å². The third-order valence-corrected chi connectivity index (χ3v) is 4.16. The number of guanidine groups is 1. The Morgan fingerprint density at radius 2 is 2.20 bits per heavy atom. The Hall–Kier alpha value is -0.180. The van der Waals surface area contributed by atoms with Crippen LogP contribution in [0.2, 0.25) is 0 Å². The van der Waals surface area contributed by atoms with Crippen LogP contribution in [0.15, 0.2) is 4.99 Å². The highest BCUT2D eigenvalue weighted by atomic mass is 127. The molecule has 1 aliphatic heterocycles. The van der Waals surface area contributed by atoms with E-state index in [1.54, 1.807) is 0 Å². The maximum Gasteiger partial charge on any atom is 0.307 e. The van der Waals surface area contributed by atoms with Crippen molar-refractivity contribution in [2.24, 2.45) is 4.99 Å². The summed E-state index contributed by atoms with van der Waals surface area (Å²) < 4.78 is 4.87. The molecule has 5 nitrogen and oxygen atoms in total. The van der Waals surface area contributed by atoms with Gasteiger partial charge in [0.05, 0.1) is 20.1 Å². The number of carbonyl (C=O) groups is 1. The fraction of sp³-hybridized carbons (Fsp3) is 0.846. The van der Waals surface area contributed by atoms with Gasteiger partial charge >= 0.3 is 5.97 Å². The van der Waals surface area contributed by atoms with Crippen molar-refractivity contribution in [3.63, 3.8) is 0 Å². The summed E-state index contributed by atoms with van der Waals surface area (Å²) in [6.45, 7) is 9.84. The van der Waals surface area contributed by atoms with Gasteiger partial charge in [-0.25, -0.2) is 0 Å². The lowest BCUT2D eigenvalue weighted by atomic mass is 10.2. The highest BCUT2D eigenvalue weighted by Gasteiger charge is 2.28. The van der Waals surface area contributed by atoms with E-state index in [1.807, 2.05) is 11.8 Å².